The van der Waals surface area contributed by atoms with Crippen LogP contribution in [0.4, 0.5) is 0 Å². The summed E-state index contributed by atoms with van der Waals surface area (Å²) in [6.45, 7) is 12.3. The number of aromatic nitrogens is 2. The van der Waals surface area contributed by atoms with Gasteiger partial charge in [0, 0.05) is 24.2 Å². The van der Waals surface area contributed by atoms with E-state index in [4.69, 9.17) is 5.73 Å². The summed E-state index contributed by atoms with van der Waals surface area (Å²) in [5, 5.41) is 4.66. The molecular formula is C17H31N3. The Morgan fingerprint density at radius 2 is 2.05 bits per heavy atom. The van der Waals surface area contributed by atoms with Crippen LogP contribution in [0.25, 0.3) is 0 Å². The third-order valence-corrected chi connectivity index (χ3v) is 4.60. The van der Waals surface area contributed by atoms with Crippen LogP contribution in [0.3, 0.4) is 0 Å². The molecule has 2 atom stereocenters. The summed E-state index contributed by atoms with van der Waals surface area (Å²) in [7, 11) is 0. The fourth-order valence-corrected chi connectivity index (χ4v) is 4.41. The highest BCUT2D eigenvalue weighted by molar-refractivity contribution is 5.15. The van der Waals surface area contributed by atoms with Crippen molar-refractivity contribution in [3.63, 3.8) is 0 Å². The van der Waals surface area contributed by atoms with Gasteiger partial charge in [-0.3, -0.25) is 4.68 Å². The molecule has 1 aromatic rings. The Labute approximate surface area is 123 Å². The molecule has 1 saturated carbocycles. The number of hydrogen-bond donors (Lipinski definition) is 1. The maximum Gasteiger partial charge on any atom is 0.0624 e. The number of hydrogen-bond acceptors (Lipinski definition) is 2. The normalized spacial score (nSPS) is 29.6. The molecule has 3 nitrogen and oxygen atoms in total. The Morgan fingerprint density at radius 3 is 2.60 bits per heavy atom. The molecule has 2 rings (SSSR count). The molecule has 0 bridgehead atoms. The summed E-state index contributed by atoms with van der Waals surface area (Å²) in [4.78, 5) is 0. The van der Waals surface area contributed by atoms with Crippen molar-refractivity contribution >= 4 is 0 Å². The first-order valence-corrected chi connectivity index (χ1v) is 8.11. The van der Waals surface area contributed by atoms with Crippen molar-refractivity contribution in [2.75, 3.05) is 0 Å². The first kappa shape index (κ1) is 15.6. The molecule has 1 fully saturated rings. The van der Waals surface area contributed by atoms with Crippen LogP contribution in [0.15, 0.2) is 6.07 Å². The molecular weight excluding hydrogens is 246 g/mol. The van der Waals surface area contributed by atoms with Gasteiger partial charge in [-0.2, -0.15) is 5.10 Å². The Hall–Kier alpha value is -0.830. The lowest BCUT2D eigenvalue weighted by molar-refractivity contribution is 0.107. The molecule has 114 valence electrons. The van der Waals surface area contributed by atoms with Crippen LogP contribution in [0.2, 0.25) is 0 Å². The van der Waals surface area contributed by atoms with Gasteiger partial charge >= 0.3 is 0 Å². The molecule has 0 aromatic carbocycles. The first-order chi connectivity index (χ1) is 9.27. The van der Waals surface area contributed by atoms with E-state index in [9.17, 15) is 0 Å². The third kappa shape index (κ3) is 3.43. The summed E-state index contributed by atoms with van der Waals surface area (Å²) in [6, 6.07) is 2.25. The van der Waals surface area contributed by atoms with Crippen molar-refractivity contribution in [3.05, 3.63) is 17.5 Å². The quantitative estimate of drug-likeness (QED) is 0.914. The van der Waals surface area contributed by atoms with Gasteiger partial charge in [0.2, 0.25) is 0 Å². The predicted octanol–water partition coefficient (Wildman–Crippen LogP) is 3.55. The second-order valence-electron chi connectivity index (χ2n) is 7.69. The first-order valence-electron chi connectivity index (χ1n) is 8.11. The van der Waals surface area contributed by atoms with Crippen LogP contribution in [0.5, 0.6) is 0 Å². The number of rotatable bonds is 4. The minimum atomic E-state index is -0.0703. The lowest BCUT2D eigenvalue weighted by atomic mass is 9.63. The SMILES string of the molecule is CCc1cc(CC2(N)CC(C)CC(C)(C)C2)n(CC)n1. The summed E-state index contributed by atoms with van der Waals surface area (Å²) in [5.74, 6) is 0.715. The molecule has 1 heterocycles. The smallest absolute Gasteiger partial charge is 0.0624 e. The second-order valence-corrected chi connectivity index (χ2v) is 7.69. The van der Waals surface area contributed by atoms with E-state index in [0.717, 1.165) is 32.2 Å². The van der Waals surface area contributed by atoms with Crippen molar-refractivity contribution in [1.29, 1.82) is 0 Å². The minimum Gasteiger partial charge on any atom is -0.325 e. The third-order valence-electron chi connectivity index (χ3n) is 4.60. The van der Waals surface area contributed by atoms with Gasteiger partial charge in [-0.1, -0.05) is 27.7 Å². The molecule has 2 unspecified atom stereocenters. The van der Waals surface area contributed by atoms with E-state index in [1.807, 2.05) is 0 Å². The van der Waals surface area contributed by atoms with Gasteiger partial charge in [-0.15, -0.1) is 0 Å². The Balaban J connectivity index is 2.21. The average Bonchev–Trinajstić information content (AvgIpc) is 2.67. The zero-order valence-corrected chi connectivity index (χ0v) is 13.9. The van der Waals surface area contributed by atoms with Gasteiger partial charge in [0.05, 0.1) is 5.69 Å². The standard InChI is InChI=1S/C17H31N3/c1-6-14-8-15(20(7-2)19-14)11-17(18)10-13(3)9-16(4,5)12-17/h8,13H,6-7,9-12,18H2,1-5H3. The van der Waals surface area contributed by atoms with Crippen molar-refractivity contribution in [3.8, 4) is 0 Å². The van der Waals surface area contributed by atoms with Gasteiger partial charge in [-0.05, 0) is 50.0 Å². The van der Waals surface area contributed by atoms with Gasteiger partial charge < -0.3 is 5.73 Å². The Bertz CT molecular complexity index is 461. The van der Waals surface area contributed by atoms with E-state index in [-0.39, 0.29) is 5.54 Å². The highest BCUT2D eigenvalue weighted by Gasteiger charge is 2.40. The van der Waals surface area contributed by atoms with Gasteiger partial charge in [-0.25, -0.2) is 0 Å². The van der Waals surface area contributed by atoms with E-state index in [2.05, 4.69) is 50.5 Å². The van der Waals surface area contributed by atoms with Crippen LogP contribution >= 0.6 is 0 Å². The summed E-state index contributed by atoms with van der Waals surface area (Å²) in [5.41, 5.74) is 9.58. The van der Waals surface area contributed by atoms with Crippen LogP contribution in [-0.4, -0.2) is 15.3 Å². The van der Waals surface area contributed by atoms with Gasteiger partial charge in [0.15, 0.2) is 0 Å². The highest BCUT2D eigenvalue weighted by atomic mass is 15.3. The lowest BCUT2D eigenvalue weighted by Crippen LogP contribution is -2.51. The zero-order valence-electron chi connectivity index (χ0n) is 13.9. The maximum atomic E-state index is 6.79. The summed E-state index contributed by atoms with van der Waals surface area (Å²) < 4.78 is 2.14. The van der Waals surface area contributed by atoms with Crippen LogP contribution in [0, 0.1) is 11.3 Å². The summed E-state index contributed by atoms with van der Waals surface area (Å²) >= 11 is 0. The number of nitrogens with zero attached hydrogens (tertiary/aromatic N) is 2. The Kier molecular flexibility index (Phi) is 4.29. The summed E-state index contributed by atoms with van der Waals surface area (Å²) in [6.07, 6.45) is 5.49. The fourth-order valence-electron chi connectivity index (χ4n) is 4.41. The maximum absolute atomic E-state index is 6.79. The van der Waals surface area contributed by atoms with Gasteiger partial charge in [0.1, 0.15) is 0 Å². The minimum absolute atomic E-state index is 0.0703. The molecule has 0 aliphatic heterocycles. The van der Waals surface area contributed by atoms with E-state index in [1.165, 1.54) is 17.8 Å². The van der Waals surface area contributed by atoms with Crippen molar-refractivity contribution in [2.24, 2.45) is 17.1 Å². The lowest BCUT2D eigenvalue weighted by Gasteiger charge is -2.45. The predicted molar refractivity (Wildman–Crippen MR) is 84.7 cm³/mol. The van der Waals surface area contributed by atoms with E-state index in [1.54, 1.807) is 0 Å². The average molecular weight is 277 g/mol. The molecule has 1 aromatic heterocycles. The second kappa shape index (κ2) is 5.51. The molecule has 20 heavy (non-hydrogen) atoms. The largest absolute Gasteiger partial charge is 0.325 e. The fraction of sp³-hybridized carbons (Fsp3) is 0.824. The number of nitrogens with two attached hydrogens (primary N) is 1. The zero-order chi connectivity index (χ0) is 15.0. The molecule has 2 N–H and O–H groups in total. The highest BCUT2D eigenvalue weighted by Crippen LogP contribution is 2.43. The topological polar surface area (TPSA) is 43.8 Å². The number of aryl methyl sites for hydroxylation is 2. The van der Waals surface area contributed by atoms with Gasteiger partial charge in [0.25, 0.3) is 0 Å². The molecule has 1 aliphatic carbocycles. The van der Waals surface area contributed by atoms with Crippen LogP contribution in [0.1, 0.15) is 65.3 Å². The van der Waals surface area contributed by atoms with Crippen molar-refractivity contribution in [2.45, 2.75) is 78.8 Å². The molecule has 0 spiro atoms. The van der Waals surface area contributed by atoms with Crippen molar-refractivity contribution in [1.82, 2.24) is 9.78 Å². The monoisotopic (exact) mass is 277 g/mol. The molecule has 0 saturated heterocycles. The van der Waals surface area contributed by atoms with E-state index < -0.39 is 0 Å². The van der Waals surface area contributed by atoms with Crippen LogP contribution in [-0.2, 0) is 19.4 Å². The van der Waals surface area contributed by atoms with E-state index >= 15 is 0 Å². The molecule has 0 amide bonds. The Morgan fingerprint density at radius 1 is 1.35 bits per heavy atom. The van der Waals surface area contributed by atoms with Crippen LogP contribution < -0.4 is 5.73 Å². The van der Waals surface area contributed by atoms with Crippen molar-refractivity contribution < 1.29 is 0 Å². The molecule has 0 radical (unpaired) electrons. The molecule has 1 aliphatic rings. The molecule has 3 heteroatoms. The van der Waals surface area contributed by atoms with E-state index in [0.29, 0.717) is 11.3 Å².